The molecule has 0 aliphatic carbocycles. The second-order valence-electron chi connectivity index (χ2n) is 4.32. The second-order valence-corrected chi connectivity index (χ2v) is 4.32. The van der Waals surface area contributed by atoms with E-state index in [1.165, 1.54) is 5.69 Å². The Hall–Kier alpha value is -1.96. The summed E-state index contributed by atoms with van der Waals surface area (Å²) in [7, 11) is 0. The first-order valence-corrected chi connectivity index (χ1v) is 6.64. The summed E-state index contributed by atoms with van der Waals surface area (Å²) in [6.45, 7) is 9.06. The van der Waals surface area contributed by atoms with Gasteiger partial charge >= 0.3 is 0 Å². The lowest BCUT2D eigenvalue weighted by Crippen LogP contribution is -2.37. The molecule has 0 fully saturated rings. The van der Waals surface area contributed by atoms with Gasteiger partial charge in [-0.25, -0.2) is 0 Å². The number of nitrogens with one attached hydrogen (secondary N) is 2. The van der Waals surface area contributed by atoms with Crippen LogP contribution < -0.4 is 10.6 Å². The molecule has 0 aromatic carbocycles. The molecule has 2 N–H and O–H groups in total. The molecule has 1 heterocycles. The topological polar surface area (TPSA) is 54.2 Å². The van der Waals surface area contributed by atoms with E-state index in [4.69, 9.17) is 6.42 Å². The molecule has 0 amide bonds. The minimum absolute atomic E-state index is 0.489. The summed E-state index contributed by atoms with van der Waals surface area (Å²) in [6.07, 6.45) is 6.17. The molecule has 0 saturated carbocycles. The highest BCUT2D eigenvalue weighted by molar-refractivity contribution is 5.79. The summed E-state index contributed by atoms with van der Waals surface area (Å²) in [5.74, 6) is 3.31. The maximum Gasteiger partial charge on any atom is 0.192 e. The zero-order valence-corrected chi connectivity index (χ0v) is 12.0. The maximum atomic E-state index is 5.22. The van der Waals surface area contributed by atoms with Crippen molar-refractivity contribution in [3.05, 3.63) is 17.5 Å². The molecule has 104 valence electrons. The molecule has 1 rings (SSSR count). The van der Waals surface area contributed by atoms with Crippen molar-refractivity contribution in [1.82, 2.24) is 20.4 Å². The van der Waals surface area contributed by atoms with E-state index in [2.05, 4.69) is 39.6 Å². The number of guanidine groups is 1. The van der Waals surface area contributed by atoms with E-state index in [0.717, 1.165) is 37.7 Å². The minimum Gasteiger partial charge on any atom is -0.357 e. The van der Waals surface area contributed by atoms with Crippen molar-refractivity contribution in [2.75, 3.05) is 19.6 Å². The first-order chi connectivity index (χ1) is 9.17. The molecule has 5 heteroatoms. The summed E-state index contributed by atoms with van der Waals surface area (Å²) in [5, 5.41) is 10.6. The third kappa shape index (κ3) is 5.47. The van der Waals surface area contributed by atoms with Gasteiger partial charge in [-0.2, -0.15) is 5.10 Å². The Kier molecular flexibility index (Phi) is 6.51. The quantitative estimate of drug-likeness (QED) is 0.349. The van der Waals surface area contributed by atoms with Crippen molar-refractivity contribution < 1.29 is 0 Å². The highest BCUT2D eigenvalue weighted by atomic mass is 15.3. The van der Waals surface area contributed by atoms with Gasteiger partial charge in [-0.05, 0) is 33.3 Å². The van der Waals surface area contributed by atoms with Gasteiger partial charge in [-0.15, -0.1) is 6.42 Å². The third-order valence-corrected chi connectivity index (χ3v) is 2.60. The summed E-state index contributed by atoms with van der Waals surface area (Å²) in [5.41, 5.74) is 2.25. The van der Waals surface area contributed by atoms with Gasteiger partial charge in [-0.3, -0.25) is 9.67 Å². The Balaban J connectivity index is 2.38. The van der Waals surface area contributed by atoms with Gasteiger partial charge in [0.05, 0.1) is 12.2 Å². The zero-order valence-electron chi connectivity index (χ0n) is 12.0. The molecule has 19 heavy (non-hydrogen) atoms. The highest BCUT2D eigenvalue weighted by Gasteiger charge is 2.00. The fraction of sp³-hybridized carbons (Fsp3) is 0.571. The number of aromatic nitrogens is 2. The van der Waals surface area contributed by atoms with E-state index in [-0.39, 0.29) is 0 Å². The summed E-state index contributed by atoms with van der Waals surface area (Å²) in [6, 6.07) is 2.09. The number of aliphatic imine (C=N–C) groups is 1. The molecule has 1 aromatic heterocycles. The van der Waals surface area contributed by atoms with Crippen LogP contribution in [0.4, 0.5) is 0 Å². The van der Waals surface area contributed by atoms with Crippen molar-refractivity contribution in [3.63, 3.8) is 0 Å². The Labute approximate surface area is 115 Å². The third-order valence-electron chi connectivity index (χ3n) is 2.60. The molecule has 0 aliphatic rings. The highest BCUT2D eigenvalue weighted by Crippen LogP contribution is 2.02. The summed E-state index contributed by atoms with van der Waals surface area (Å²) in [4.78, 5) is 4.46. The Morgan fingerprint density at radius 2 is 2.26 bits per heavy atom. The lowest BCUT2D eigenvalue weighted by Gasteiger charge is -2.09. The van der Waals surface area contributed by atoms with Gasteiger partial charge in [0, 0.05) is 25.3 Å². The summed E-state index contributed by atoms with van der Waals surface area (Å²) < 4.78 is 2.02. The number of aryl methyl sites for hydroxylation is 3. The standard InChI is InChI=1S/C14H23N5/c1-5-8-16-14(15-6-2)17-9-7-10-19-13(4)11-12(3)18-19/h1,11H,6-10H2,2-4H3,(H2,15,16,17). The van der Waals surface area contributed by atoms with E-state index in [0.29, 0.717) is 6.54 Å². The average molecular weight is 261 g/mol. The molecule has 1 aromatic rings. The van der Waals surface area contributed by atoms with Crippen molar-refractivity contribution in [2.24, 2.45) is 4.99 Å². The van der Waals surface area contributed by atoms with Crippen LogP contribution in [0.25, 0.3) is 0 Å². The second kappa shape index (κ2) is 8.20. The predicted octanol–water partition coefficient (Wildman–Crippen LogP) is 1.08. The van der Waals surface area contributed by atoms with E-state index >= 15 is 0 Å². The van der Waals surface area contributed by atoms with E-state index < -0.39 is 0 Å². The van der Waals surface area contributed by atoms with Crippen LogP contribution in [0.3, 0.4) is 0 Å². The van der Waals surface area contributed by atoms with E-state index in [9.17, 15) is 0 Å². The largest absolute Gasteiger partial charge is 0.357 e. The Morgan fingerprint density at radius 1 is 1.47 bits per heavy atom. The van der Waals surface area contributed by atoms with Gasteiger partial charge in [0.1, 0.15) is 0 Å². The first kappa shape index (κ1) is 15.1. The van der Waals surface area contributed by atoms with Crippen molar-refractivity contribution in [2.45, 2.75) is 33.7 Å². The van der Waals surface area contributed by atoms with Crippen LogP contribution in [0.1, 0.15) is 24.7 Å². The number of terminal acetylenes is 1. The van der Waals surface area contributed by atoms with Crippen LogP contribution >= 0.6 is 0 Å². The fourth-order valence-electron chi connectivity index (χ4n) is 1.79. The van der Waals surface area contributed by atoms with Gasteiger partial charge in [0.2, 0.25) is 0 Å². The molecule has 0 bridgehead atoms. The van der Waals surface area contributed by atoms with Crippen LogP contribution in [-0.2, 0) is 6.54 Å². The molecule has 5 nitrogen and oxygen atoms in total. The minimum atomic E-state index is 0.489. The van der Waals surface area contributed by atoms with Crippen molar-refractivity contribution >= 4 is 5.96 Å². The number of hydrogen-bond donors (Lipinski definition) is 2. The first-order valence-electron chi connectivity index (χ1n) is 6.64. The molecule has 0 atom stereocenters. The van der Waals surface area contributed by atoms with Crippen LogP contribution in [0.5, 0.6) is 0 Å². The fourth-order valence-corrected chi connectivity index (χ4v) is 1.79. The van der Waals surface area contributed by atoms with Crippen LogP contribution in [0.2, 0.25) is 0 Å². The SMILES string of the molecule is C#CCNC(=NCCCn1nc(C)cc1C)NCC. The normalized spacial score (nSPS) is 11.2. The Morgan fingerprint density at radius 3 is 2.84 bits per heavy atom. The molecule has 0 aliphatic heterocycles. The lowest BCUT2D eigenvalue weighted by molar-refractivity contribution is 0.567. The maximum absolute atomic E-state index is 5.22. The average Bonchev–Trinajstić information content (AvgIpc) is 2.70. The molecule has 0 saturated heterocycles. The lowest BCUT2D eigenvalue weighted by atomic mass is 10.4. The molecule has 0 radical (unpaired) electrons. The van der Waals surface area contributed by atoms with E-state index in [1.807, 2.05) is 18.5 Å². The van der Waals surface area contributed by atoms with Crippen molar-refractivity contribution in [1.29, 1.82) is 0 Å². The van der Waals surface area contributed by atoms with Crippen LogP contribution in [-0.4, -0.2) is 35.4 Å². The Bertz CT molecular complexity index is 453. The van der Waals surface area contributed by atoms with Gasteiger partial charge in [0.15, 0.2) is 5.96 Å². The number of nitrogens with zero attached hydrogens (tertiary/aromatic N) is 3. The number of hydrogen-bond acceptors (Lipinski definition) is 2. The molecular formula is C14H23N5. The molecular weight excluding hydrogens is 238 g/mol. The predicted molar refractivity (Wildman–Crippen MR) is 79.1 cm³/mol. The van der Waals surface area contributed by atoms with Gasteiger partial charge < -0.3 is 10.6 Å². The molecule has 0 unspecified atom stereocenters. The summed E-state index contributed by atoms with van der Waals surface area (Å²) >= 11 is 0. The van der Waals surface area contributed by atoms with E-state index in [1.54, 1.807) is 0 Å². The van der Waals surface area contributed by atoms with Crippen molar-refractivity contribution in [3.8, 4) is 12.3 Å². The van der Waals surface area contributed by atoms with Crippen LogP contribution in [0, 0.1) is 26.2 Å². The zero-order chi connectivity index (χ0) is 14.1. The van der Waals surface area contributed by atoms with Gasteiger partial charge in [-0.1, -0.05) is 5.92 Å². The molecule has 0 spiro atoms. The number of rotatable bonds is 6. The monoisotopic (exact) mass is 261 g/mol. The van der Waals surface area contributed by atoms with Gasteiger partial charge in [0.25, 0.3) is 0 Å². The van der Waals surface area contributed by atoms with Crippen LogP contribution in [0.15, 0.2) is 11.1 Å². The smallest absolute Gasteiger partial charge is 0.192 e.